The Morgan fingerprint density at radius 3 is 1.34 bits per heavy atom. The maximum absolute atomic E-state index is 15.4. The Morgan fingerprint density at radius 1 is 0.403 bits per heavy atom. The number of fused-ring (bicyclic) bond motifs is 4. The molecular formula is C58H42N2O2. The van der Waals surface area contributed by atoms with Crippen LogP contribution in [0.3, 0.4) is 0 Å². The highest BCUT2D eigenvalue weighted by Crippen LogP contribution is 2.51. The van der Waals surface area contributed by atoms with Crippen LogP contribution in [0.2, 0.25) is 0 Å². The zero-order valence-electron chi connectivity index (χ0n) is 34.5. The average molecular weight is 799 g/mol. The fraction of sp³-hybridized carbons (Fsp3) is 0.0517. The molecule has 1 amide bonds. The van der Waals surface area contributed by atoms with E-state index in [1.165, 1.54) is 11.1 Å². The van der Waals surface area contributed by atoms with Crippen molar-refractivity contribution >= 4 is 33.4 Å². The molecule has 0 radical (unpaired) electrons. The van der Waals surface area contributed by atoms with Crippen molar-refractivity contribution in [3.8, 4) is 61.3 Å². The molecule has 4 heteroatoms. The molecule has 1 N–H and O–H groups in total. The van der Waals surface area contributed by atoms with Gasteiger partial charge in [-0.1, -0.05) is 193 Å². The molecule has 1 aromatic heterocycles. The Morgan fingerprint density at radius 2 is 0.839 bits per heavy atom. The van der Waals surface area contributed by atoms with Gasteiger partial charge in [0.1, 0.15) is 0 Å². The lowest BCUT2D eigenvalue weighted by Crippen LogP contribution is -2.29. The van der Waals surface area contributed by atoms with E-state index in [9.17, 15) is 5.11 Å². The number of para-hydroxylation sites is 2. The highest BCUT2D eigenvalue weighted by Gasteiger charge is 2.42. The van der Waals surface area contributed by atoms with E-state index in [1.807, 2.05) is 66.7 Å². The maximum atomic E-state index is 15.4. The second kappa shape index (κ2) is 15.0. The van der Waals surface area contributed by atoms with Crippen LogP contribution in [0.25, 0.3) is 83.1 Å². The van der Waals surface area contributed by atoms with E-state index >= 15 is 4.79 Å². The van der Waals surface area contributed by atoms with Crippen LogP contribution in [-0.4, -0.2) is 15.6 Å². The molecule has 11 rings (SSSR count). The second-order valence-corrected chi connectivity index (χ2v) is 16.3. The van der Waals surface area contributed by atoms with Gasteiger partial charge >= 0.3 is 0 Å². The van der Waals surface area contributed by atoms with Crippen molar-refractivity contribution in [3.05, 3.63) is 229 Å². The van der Waals surface area contributed by atoms with E-state index < -0.39 is 6.23 Å². The molecule has 296 valence electrons. The highest BCUT2D eigenvalue weighted by molar-refractivity contribution is 6.19. The molecule has 9 aromatic carbocycles. The molecule has 1 aliphatic heterocycles. The van der Waals surface area contributed by atoms with Crippen molar-refractivity contribution in [2.24, 2.45) is 0 Å². The molecule has 0 aliphatic carbocycles. The van der Waals surface area contributed by atoms with E-state index in [1.54, 1.807) is 4.90 Å². The minimum Gasteiger partial charge on any atom is -0.369 e. The number of aliphatic hydroxyl groups is 1. The Bertz CT molecular complexity index is 3190. The van der Waals surface area contributed by atoms with Crippen LogP contribution in [0.4, 0.5) is 5.69 Å². The first-order valence-electron chi connectivity index (χ1n) is 21.1. The Kier molecular flexibility index (Phi) is 9.03. The van der Waals surface area contributed by atoms with Crippen molar-refractivity contribution in [2.45, 2.75) is 20.1 Å². The summed E-state index contributed by atoms with van der Waals surface area (Å²) in [6.45, 7) is 4.24. The number of aromatic nitrogens is 1. The lowest BCUT2D eigenvalue weighted by atomic mass is 9.90. The van der Waals surface area contributed by atoms with Crippen LogP contribution in [0.15, 0.2) is 206 Å². The number of aliphatic hydroxyl groups excluding tert-OH is 1. The SMILES string of the molecule is Cc1cccc(-c2cccc3c4cccc(-c5cccc(C)c5)c4n(-c4cccc5c4C(O)N(c4c(-c6ccccc6)cc(-c6ccccc6)cc4-c4ccccc4)C5=O)c23)c1. The van der Waals surface area contributed by atoms with Gasteiger partial charge in [-0.15, -0.1) is 0 Å². The minimum absolute atomic E-state index is 0.255. The fourth-order valence-electron chi connectivity index (χ4n) is 9.61. The number of aryl methyl sites for hydroxylation is 2. The third-order valence-electron chi connectivity index (χ3n) is 12.4. The van der Waals surface area contributed by atoms with E-state index in [0.717, 1.165) is 83.1 Å². The van der Waals surface area contributed by atoms with Crippen LogP contribution >= 0.6 is 0 Å². The molecule has 1 atom stereocenters. The number of nitrogens with zero attached hydrogens (tertiary/aromatic N) is 2. The van der Waals surface area contributed by atoms with Crippen LogP contribution in [0.5, 0.6) is 0 Å². The van der Waals surface area contributed by atoms with Crippen molar-refractivity contribution in [1.29, 1.82) is 0 Å². The maximum Gasteiger partial charge on any atom is 0.261 e. The summed E-state index contributed by atoms with van der Waals surface area (Å²) in [7, 11) is 0. The molecular weight excluding hydrogens is 757 g/mol. The van der Waals surface area contributed by atoms with Gasteiger partial charge in [-0.2, -0.15) is 0 Å². The monoisotopic (exact) mass is 798 g/mol. The zero-order valence-corrected chi connectivity index (χ0v) is 34.5. The van der Waals surface area contributed by atoms with E-state index in [2.05, 4.69) is 158 Å². The number of carbonyl (C=O) groups excluding carboxylic acids is 1. The van der Waals surface area contributed by atoms with Gasteiger partial charge in [0, 0.05) is 44.2 Å². The summed E-state index contributed by atoms with van der Waals surface area (Å²) in [5.74, 6) is -0.255. The molecule has 0 fully saturated rings. The predicted molar refractivity (Wildman–Crippen MR) is 256 cm³/mol. The predicted octanol–water partition coefficient (Wildman–Crippen LogP) is 14.4. The van der Waals surface area contributed by atoms with Crippen LogP contribution in [0, 0.1) is 13.8 Å². The van der Waals surface area contributed by atoms with Gasteiger partial charge in [0.05, 0.1) is 22.4 Å². The quantitative estimate of drug-likeness (QED) is 0.175. The van der Waals surface area contributed by atoms with Crippen molar-refractivity contribution in [3.63, 3.8) is 0 Å². The van der Waals surface area contributed by atoms with Gasteiger partial charge in [-0.3, -0.25) is 9.69 Å². The third kappa shape index (κ3) is 6.07. The first-order chi connectivity index (χ1) is 30.4. The number of carbonyl (C=O) groups is 1. The van der Waals surface area contributed by atoms with Gasteiger partial charge < -0.3 is 9.67 Å². The molecule has 1 aliphatic rings. The van der Waals surface area contributed by atoms with Crippen LogP contribution in [-0.2, 0) is 0 Å². The molecule has 0 saturated heterocycles. The second-order valence-electron chi connectivity index (χ2n) is 16.3. The summed E-state index contributed by atoms with van der Waals surface area (Å²) in [6, 6.07) is 71.2. The van der Waals surface area contributed by atoms with Crippen LogP contribution < -0.4 is 4.90 Å². The standard InChI is InChI=1S/C58H42N2O2/c1-37-17-12-25-42(33-37)45-27-14-29-47-48-30-15-28-46(43-26-13-18-38(2)34-43)55(48)59(54(45)47)52-32-16-31-49-53(52)58(62)60(57(49)61)56-50(40-21-8-4-9-22-40)35-44(39-19-6-3-7-20-39)36-51(56)41-23-10-5-11-24-41/h3-36,58,62H,1-2H3. The molecule has 4 nitrogen and oxygen atoms in total. The van der Waals surface area contributed by atoms with E-state index in [0.29, 0.717) is 16.8 Å². The van der Waals surface area contributed by atoms with E-state index in [4.69, 9.17) is 0 Å². The van der Waals surface area contributed by atoms with Gasteiger partial charge in [-0.25, -0.2) is 0 Å². The molecule has 10 aromatic rings. The molecule has 1 unspecified atom stereocenters. The summed E-state index contributed by atoms with van der Waals surface area (Å²) in [4.78, 5) is 17.0. The number of hydrogen-bond donors (Lipinski definition) is 1. The molecule has 0 bridgehead atoms. The lowest BCUT2D eigenvalue weighted by Gasteiger charge is -2.28. The Balaban J connectivity index is 1.21. The van der Waals surface area contributed by atoms with Crippen LogP contribution in [0.1, 0.15) is 33.3 Å². The topological polar surface area (TPSA) is 45.5 Å². The Hall–Kier alpha value is -7.79. The molecule has 0 saturated carbocycles. The first kappa shape index (κ1) is 37.2. The number of hydrogen-bond acceptors (Lipinski definition) is 2. The van der Waals surface area contributed by atoms with Gasteiger partial charge in [-0.05, 0) is 71.5 Å². The van der Waals surface area contributed by atoms with Crippen molar-refractivity contribution in [1.82, 2.24) is 4.57 Å². The Labute approximate surface area is 361 Å². The average Bonchev–Trinajstić information content (AvgIpc) is 3.79. The number of benzene rings is 9. The summed E-state index contributed by atoms with van der Waals surface area (Å²) >= 11 is 0. The summed E-state index contributed by atoms with van der Waals surface area (Å²) < 4.78 is 2.31. The van der Waals surface area contributed by atoms with E-state index in [-0.39, 0.29) is 5.91 Å². The molecule has 2 heterocycles. The number of rotatable bonds is 7. The summed E-state index contributed by atoms with van der Waals surface area (Å²) in [5.41, 5.74) is 16.8. The summed E-state index contributed by atoms with van der Waals surface area (Å²) in [5, 5.41) is 15.3. The number of anilines is 1. The van der Waals surface area contributed by atoms with Gasteiger partial charge in [0.15, 0.2) is 6.23 Å². The third-order valence-corrected chi connectivity index (χ3v) is 12.4. The lowest BCUT2D eigenvalue weighted by molar-refractivity contribution is 0.0935. The molecule has 62 heavy (non-hydrogen) atoms. The molecule has 0 spiro atoms. The van der Waals surface area contributed by atoms with Gasteiger partial charge in [0.2, 0.25) is 0 Å². The van der Waals surface area contributed by atoms with Gasteiger partial charge in [0.25, 0.3) is 5.91 Å². The number of amides is 1. The fourth-order valence-corrected chi connectivity index (χ4v) is 9.61. The normalized spacial score (nSPS) is 13.6. The van der Waals surface area contributed by atoms with Crippen molar-refractivity contribution in [2.75, 3.05) is 4.90 Å². The minimum atomic E-state index is -1.31. The van der Waals surface area contributed by atoms with Crippen molar-refractivity contribution < 1.29 is 9.90 Å². The summed E-state index contributed by atoms with van der Waals surface area (Å²) in [6.07, 6.45) is -1.31. The smallest absolute Gasteiger partial charge is 0.261 e. The zero-order chi connectivity index (χ0) is 41.9. The highest BCUT2D eigenvalue weighted by atomic mass is 16.3. The first-order valence-corrected chi connectivity index (χ1v) is 21.1. The largest absolute Gasteiger partial charge is 0.369 e.